The third-order valence-corrected chi connectivity index (χ3v) is 3.27. The summed E-state index contributed by atoms with van der Waals surface area (Å²) in [6.45, 7) is 0.198. The Hall–Kier alpha value is -2.14. The largest absolute Gasteiger partial charge is 0.396 e. The van der Waals surface area contributed by atoms with Crippen LogP contribution in [0.3, 0.4) is 0 Å². The molecular weight excluding hydrogens is 298 g/mol. The van der Waals surface area contributed by atoms with Crippen LogP contribution < -0.4 is 5.73 Å². The summed E-state index contributed by atoms with van der Waals surface area (Å²) in [6, 6.07) is 8.88. The van der Waals surface area contributed by atoms with Crippen LogP contribution in [0.4, 0.5) is 14.5 Å². The summed E-state index contributed by atoms with van der Waals surface area (Å²) in [5.74, 6) is -2.75. The highest BCUT2D eigenvalue weighted by molar-refractivity contribution is 6.30. The van der Waals surface area contributed by atoms with Crippen LogP contribution in [0.2, 0.25) is 5.02 Å². The van der Waals surface area contributed by atoms with Crippen molar-refractivity contribution in [3.63, 3.8) is 0 Å². The van der Waals surface area contributed by atoms with E-state index in [9.17, 15) is 13.6 Å². The molecule has 0 saturated carbocycles. The normalized spacial score (nSPS) is 10.5. The topological polar surface area (TPSA) is 46.3 Å². The fourth-order valence-electron chi connectivity index (χ4n) is 1.89. The van der Waals surface area contributed by atoms with Crippen molar-refractivity contribution in [1.82, 2.24) is 4.90 Å². The SMILES string of the molecule is CN(Cc1ccc(Cl)cc1)C(=O)c1c(F)ccc(N)c1F. The number of anilines is 1. The van der Waals surface area contributed by atoms with Gasteiger partial charge in [-0.1, -0.05) is 23.7 Å². The zero-order valence-corrected chi connectivity index (χ0v) is 12.0. The van der Waals surface area contributed by atoms with E-state index >= 15 is 0 Å². The Morgan fingerprint density at radius 2 is 1.81 bits per heavy atom. The van der Waals surface area contributed by atoms with E-state index in [2.05, 4.69) is 0 Å². The van der Waals surface area contributed by atoms with Gasteiger partial charge in [0.25, 0.3) is 5.91 Å². The Kier molecular flexibility index (Phi) is 4.43. The molecule has 1 amide bonds. The molecule has 0 fully saturated rings. The van der Waals surface area contributed by atoms with E-state index in [4.69, 9.17) is 17.3 Å². The van der Waals surface area contributed by atoms with E-state index in [-0.39, 0.29) is 12.2 Å². The Morgan fingerprint density at radius 1 is 1.19 bits per heavy atom. The summed E-state index contributed by atoms with van der Waals surface area (Å²) < 4.78 is 27.5. The Morgan fingerprint density at radius 3 is 2.43 bits per heavy atom. The Labute approximate surface area is 125 Å². The first-order valence-corrected chi connectivity index (χ1v) is 6.51. The number of nitrogens with zero attached hydrogens (tertiary/aromatic N) is 1. The molecule has 110 valence electrons. The third-order valence-electron chi connectivity index (χ3n) is 3.01. The van der Waals surface area contributed by atoms with E-state index in [1.807, 2.05) is 0 Å². The van der Waals surface area contributed by atoms with Gasteiger partial charge in [-0.05, 0) is 29.8 Å². The van der Waals surface area contributed by atoms with Gasteiger partial charge in [-0.25, -0.2) is 8.78 Å². The first-order chi connectivity index (χ1) is 9.90. The number of nitrogen functional groups attached to an aromatic ring is 1. The van der Waals surface area contributed by atoms with E-state index < -0.39 is 23.1 Å². The van der Waals surface area contributed by atoms with Crippen LogP contribution in [-0.2, 0) is 6.54 Å². The lowest BCUT2D eigenvalue weighted by Crippen LogP contribution is -2.28. The van der Waals surface area contributed by atoms with Gasteiger partial charge in [-0.15, -0.1) is 0 Å². The van der Waals surface area contributed by atoms with Crippen molar-refractivity contribution in [3.05, 3.63) is 64.2 Å². The molecule has 0 unspecified atom stereocenters. The Bertz CT molecular complexity index is 674. The van der Waals surface area contributed by atoms with Crippen LogP contribution in [0.15, 0.2) is 36.4 Å². The molecule has 0 saturated heterocycles. The van der Waals surface area contributed by atoms with Crippen molar-refractivity contribution in [2.45, 2.75) is 6.54 Å². The van der Waals surface area contributed by atoms with Gasteiger partial charge in [0.1, 0.15) is 11.4 Å². The molecule has 0 aliphatic carbocycles. The van der Waals surface area contributed by atoms with Gasteiger partial charge in [0, 0.05) is 18.6 Å². The quantitative estimate of drug-likeness (QED) is 0.882. The molecule has 0 aliphatic heterocycles. The molecule has 2 N–H and O–H groups in total. The van der Waals surface area contributed by atoms with Gasteiger partial charge in [0.15, 0.2) is 5.82 Å². The predicted molar refractivity (Wildman–Crippen MR) is 78.0 cm³/mol. The fourth-order valence-corrected chi connectivity index (χ4v) is 2.02. The summed E-state index contributed by atoms with van der Waals surface area (Å²) in [7, 11) is 1.46. The number of hydrogen-bond acceptors (Lipinski definition) is 2. The number of nitrogens with two attached hydrogens (primary N) is 1. The molecule has 2 aromatic carbocycles. The standard InChI is InChI=1S/C15H13ClF2N2O/c1-20(8-9-2-4-10(16)5-3-9)15(21)13-11(17)6-7-12(19)14(13)18/h2-7H,8,19H2,1H3. The van der Waals surface area contributed by atoms with Crippen LogP contribution in [-0.4, -0.2) is 17.9 Å². The van der Waals surface area contributed by atoms with E-state index in [0.29, 0.717) is 5.02 Å². The second-order valence-electron chi connectivity index (χ2n) is 4.61. The number of benzene rings is 2. The summed E-state index contributed by atoms with van der Waals surface area (Å²) in [4.78, 5) is 13.4. The van der Waals surface area contributed by atoms with Gasteiger partial charge >= 0.3 is 0 Å². The molecule has 0 spiro atoms. The van der Waals surface area contributed by atoms with E-state index in [1.54, 1.807) is 24.3 Å². The predicted octanol–water partition coefficient (Wildman–Crippen LogP) is 3.47. The van der Waals surface area contributed by atoms with Crippen molar-refractivity contribution >= 4 is 23.2 Å². The molecule has 0 radical (unpaired) electrons. The van der Waals surface area contributed by atoms with Crippen molar-refractivity contribution in [2.75, 3.05) is 12.8 Å². The van der Waals surface area contributed by atoms with Crippen LogP contribution in [0.5, 0.6) is 0 Å². The fraction of sp³-hybridized carbons (Fsp3) is 0.133. The molecule has 0 bridgehead atoms. The number of carbonyl (C=O) groups is 1. The van der Waals surface area contributed by atoms with Crippen LogP contribution in [0, 0.1) is 11.6 Å². The molecule has 6 heteroatoms. The monoisotopic (exact) mass is 310 g/mol. The third kappa shape index (κ3) is 3.31. The Balaban J connectivity index is 2.24. The minimum Gasteiger partial charge on any atom is -0.396 e. The summed E-state index contributed by atoms with van der Waals surface area (Å²) >= 11 is 5.77. The molecule has 21 heavy (non-hydrogen) atoms. The molecule has 2 aromatic rings. The number of halogens is 3. The molecule has 0 heterocycles. The smallest absolute Gasteiger partial charge is 0.259 e. The van der Waals surface area contributed by atoms with Crippen molar-refractivity contribution in [1.29, 1.82) is 0 Å². The second kappa shape index (κ2) is 6.10. The molecule has 0 atom stereocenters. The lowest BCUT2D eigenvalue weighted by molar-refractivity contribution is 0.0775. The summed E-state index contributed by atoms with van der Waals surface area (Å²) in [5, 5.41) is 0.570. The molecule has 2 rings (SSSR count). The minimum atomic E-state index is -1.04. The van der Waals surface area contributed by atoms with Crippen LogP contribution in [0.25, 0.3) is 0 Å². The molecular formula is C15H13ClF2N2O. The van der Waals surface area contributed by atoms with Gasteiger partial charge in [-0.2, -0.15) is 0 Å². The summed E-state index contributed by atoms with van der Waals surface area (Å²) in [6.07, 6.45) is 0. The van der Waals surface area contributed by atoms with Crippen molar-refractivity contribution in [3.8, 4) is 0 Å². The average Bonchev–Trinajstić information content (AvgIpc) is 2.45. The lowest BCUT2D eigenvalue weighted by atomic mass is 10.1. The molecule has 3 nitrogen and oxygen atoms in total. The number of rotatable bonds is 3. The van der Waals surface area contributed by atoms with Crippen molar-refractivity contribution < 1.29 is 13.6 Å². The zero-order chi connectivity index (χ0) is 15.6. The average molecular weight is 311 g/mol. The van der Waals surface area contributed by atoms with Crippen LogP contribution >= 0.6 is 11.6 Å². The number of carbonyl (C=O) groups excluding carboxylic acids is 1. The highest BCUT2D eigenvalue weighted by Gasteiger charge is 2.22. The summed E-state index contributed by atoms with van der Waals surface area (Å²) in [5.41, 5.74) is 5.25. The van der Waals surface area contributed by atoms with Gasteiger partial charge < -0.3 is 10.6 Å². The minimum absolute atomic E-state index is 0.198. The maximum Gasteiger partial charge on any atom is 0.259 e. The maximum atomic E-state index is 13.8. The van der Waals surface area contributed by atoms with Crippen LogP contribution in [0.1, 0.15) is 15.9 Å². The maximum absolute atomic E-state index is 13.8. The molecule has 0 aliphatic rings. The van der Waals surface area contributed by atoms with Gasteiger partial charge in [0.05, 0.1) is 5.69 Å². The highest BCUT2D eigenvalue weighted by Crippen LogP contribution is 2.21. The lowest BCUT2D eigenvalue weighted by Gasteiger charge is -2.18. The second-order valence-corrected chi connectivity index (χ2v) is 5.05. The first-order valence-electron chi connectivity index (χ1n) is 6.13. The van der Waals surface area contributed by atoms with Gasteiger partial charge in [-0.3, -0.25) is 4.79 Å². The first kappa shape index (κ1) is 15.3. The van der Waals surface area contributed by atoms with E-state index in [0.717, 1.165) is 17.7 Å². The molecule has 0 aromatic heterocycles. The zero-order valence-electron chi connectivity index (χ0n) is 11.2. The number of amides is 1. The van der Waals surface area contributed by atoms with Gasteiger partial charge in [0.2, 0.25) is 0 Å². The van der Waals surface area contributed by atoms with Crippen molar-refractivity contribution in [2.24, 2.45) is 0 Å². The highest BCUT2D eigenvalue weighted by atomic mass is 35.5. The number of hydrogen-bond donors (Lipinski definition) is 1. The van der Waals surface area contributed by atoms with E-state index in [1.165, 1.54) is 11.9 Å².